The number of ether oxygens (including phenoxy) is 1. The predicted octanol–water partition coefficient (Wildman–Crippen LogP) is 1.80. The zero-order chi connectivity index (χ0) is 29.4. The van der Waals surface area contributed by atoms with Crippen LogP contribution in [0.15, 0.2) is 35.5 Å². The Labute approximate surface area is 228 Å². The first kappa shape index (κ1) is 33.0. The Kier molecular flexibility index (Phi) is 14.8. The minimum Gasteiger partial charge on any atom is -0.461 e. The maximum absolute atomic E-state index is 12.8. The quantitative estimate of drug-likeness (QED) is 0.0537. The molecule has 0 bridgehead atoms. The first-order valence-corrected chi connectivity index (χ1v) is 12.7. The van der Waals surface area contributed by atoms with Crippen LogP contribution in [0.25, 0.3) is 0 Å². The Morgan fingerprint density at radius 2 is 1.62 bits per heavy atom. The fourth-order valence-corrected chi connectivity index (χ4v) is 3.34. The number of unbranched alkanes of at least 4 members (excludes halogenated alkanes) is 2. The fourth-order valence-electron chi connectivity index (χ4n) is 3.34. The summed E-state index contributed by atoms with van der Waals surface area (Å²) in [5.41, 5.74) is 1.75. The average molecular weight is 546 g/mol. The van der Waals surface area contributed by atoms with E-state index < -0.39 is 24.3 Å². The summed E-state index contributed by atoms with van der Waals surface area (Å²) in [6, 6.07) is 6.64. The fraction of sp³-hybridized carbons (Fsp3) is 0.481. The highest BCUT2D eigenvalue weighted by atomic mass is 16.5. The number of nitrogens with zero attached hydrogens (tertiary/aromatic N) is 2. The van der Waals surface area contributed by atoms with Gasteiger partial charge in [-0.05, 0) is 50.0 Å². The SMILES string of the molecule is CC(=O)OCc1ccc(NC(=O)CN(N)C(=O)C(NC(=O)CCCCCN(C)C(=O)CCC=O)=C(C)C)cc1. The van der Waals surface area contributed by atoms with Crippen molar-refractivity contribution in [2.45, 2.75) is 65.9 Å². The van der Waals surface area contributed by atoms with Crippen molar-refractivity contribution in [2.24, 2.45) is 5.84 Å². The molecule has 0 atom stereocenters. The van der Waals surface area contributed by atoms with Crippen LogP contribution >= 0.6 is 0 Å². The largest absolute Gasteiger partial charge is 0.461 e. The molecule has 214 valence electrons. The molecule has 0 fully saturated rings. The summed E-state index contributed by atoms with van der Waals surface area (Å²) in [7, 11) is 1.68. The molecule has 1 rings (SSSR count). The van der Waals surface area contributed by atoms with Gasteiger partial charge in [-0.15, -0.1) is 0 Å². The molecule has 0 saturated heterocycles. The smallest absolute Gasteiger partial charge is 0.302 e. The molecule has 0 aromatic heterocycles. The van der Waals surface area contributed by atoms with Crippen LogP contribution in [0, 0.1) is 0 Å². The molecule has 12 nitrogen and oxygen atoms in total. The van der Waals surface area contributed by atoms with E-state index >= 15 is 0 Å². The number of anilines is 1. The standard InChI is InChI=1S/C27H39N5O7/c1-19(2)26(30-23(35)9-6-5-7-15-31(4)25(37)10-8-16-33)27(38)32(28)17-24(36)29-22-13-11-21(12-14-22)18-39-20(3)34/h11-14,16H,5-10,15,17-18,28H2,1-4H3,(H,29,36)(H,30,35). The van der Waals surface area contributed by atoms with Crippen molar-refractivity contribution in [3.8, 4) is 0 Å². The van der Waals surface area contributed by atoms with E-state index in [4.69, 9.17) is 10.6 Å². The van der Waals surface area contributed by atoms with Crippen LogP contribution in [0.1, 0.15) is 64.9 Å². The zero-order valence-corrected chi connectivity index (χ0v) is 23.1. The summed E-state index contributed by atoms with van der Waals surface area (Å²) in [5, 5.41) is 5.95. The van der Waals surface area contributed by atoms with Gasteiger partial charge in [0, 0.05) is 45.5 Å². The second-order valence-electron chi connectivity index (χ2n) is 9.21. The normalized spacial score (nSPS) is 10.2. The maximum atomic E-state index is 12.8. The number of carbonyl (C=O) groups is 6. The van der Waals surface area contributed by atoms with Crippen molar-refractivity contribution in [2.75, 3.05) is 25.5 Å². The van der Waals surface area contributed by atoms with Crippen LogP contribution in [0.3, 0.4) is 0 Å². The number of hydrogen-bond acceptors (Lipinski definition) is 8. The van der Waals surface area contributed by atoms with E-state index in [1.807, 2.05) is 0 Å². The lowest BCUT2D eigenvalue weighted by molar-refractivity contribution is -0.142. The third-order valence-electron chi connectivity index (χ3n) is 5.53. The van der Waals surface area contributed by atoms with E-state index in [-0.39, 0.29) is 43.4 Å². The molecule has 0 aliphatic carbocycles. The molecule has 0 spiro atoms. The van der Waals surface area contributed by atoms with Gasteiger partial charge in [0.15, 0.2) is 0 Å². The van der Waals surface area contributed by atoms with Crippen LogP contribution in [-0.4, -0.2) is 65.9 Å². The van der Waals surface area contributed by atoms with Gasteiger partial charge in [0.05, 0.1) is 0 Å². The first-order chi connectivity index (χ1) is 18.4. The number of hydrazine groups is 1. The van der Waals surface area contributed by atoms with Crippen molar-refractivity contribution in [3.63, 3.8) is 0 Å². The minimum atomic E-state index is -0.703. The molecule has 0 radical (unpaired) electrons. The molecule has 1 aromatic rings. The monoisotopic (exact) mass is 545 g/mol. The third-order valence-corrected chi connectivity index (χ3v) is 5.53. The predicted molar refractivity (Wildman–Crippen MR) is 144 cm³/mol. The van der Waals surface area contributed by atoms with Gasteiger partial charge in [0.25, 0.3) is 5.91 Å². The van der Waals surface area contributed by atoms with Crippen LogP contribution < -0.4 is 16.5 Å². The second-order valence-corrected chi connectivity index (χ2v) is 9.21. The minimum absolute atomic E-state index is 0.00521. The number of aldehydes is 1. The number of allylic oxidation sites excluding steroid dienone is 1. The Morgan fingerprint density at radius 1 is 0.949 bits per heavy atom. The van der Waals surface area contributed by atoms with Crippen LogP contribution in [0.5, 0.6) is 0 Å². The van der Waals surface area contributed by atoms with E-state index in [1.54, 1.807) is 50.1 Å². The van der Waals surface area contributed by atoms with E-state index in [9.17, 15) is 28.8 Å². The highest BCUT2D eigenvalue weighted by molar-refractivity contribution is 6.01. The summed E-state index contributed by atoms with van der Waals surface area (Å²) in [4.78, 5) is 72.3. The Morgan fingerprint density at radius 3 is 2.21 bits per heavy atom. The summed E-state index contributed by atoms with van der Waals surface area (Å²) >= 11 is 0. The van der Waals surface area contributed by atoms with E-state index in [0.29, 0.717) is 43.4 Å². The van der Waals surface area contributed by atoms with Gasteiger partial charge in [-0.3, -0.25) is 29.0 Å². The molecule has 0 saturated carbocycles. The van der Waals surface area contributed by atoms with Gasteiger partial charge in [0.2, 0.25) is 17.7 Å². The highest BCUT2D eigenvalue weighted by Crippen LogP contribution is 2.11. The molecule has 39 heavy (non-hydrogen) atoms. The lowest BCUT2D eigenvalue weighted by Gasteiger charge is -2.20. The van der Waals surface area contributed by atoms with Crippen molar-refractivity contribution in [1.82, 2.24) is 15.2 Å². The third kappa shape index (κ3) is 13.3. The average Bonchev–Trinajstić information content (AvgIpc) is 2.88. The number of esters is 1. The topological polar surface area (TPSA) is 168 Å². The molecule has 4 amide bonds. The highest BCUT2D eigenvalue weighted by Gasteiger charge is 2.21. The number of benzene rings is 1. The van der Waals surface area contributed by atoms with E-state index in [2.05, 4.69) is 10.6 Å². The number of amides is 4. The van der Waals surface area contributed by atoms with Gasteiger partial charge in [0.1, 0.15) is 25.1 Å². The Hall–Kier alpha value is -4.06. The molecule has 0 unspecified atom stereocenters. The van der Waals surface area contributed by atoms with Gasteiger partial charge in [-0.2, -0.15) is 0 Å². The van der Waals surface area contributed by atoms with Gasteiger partial charge >= 0.3 is 5.97 Å². The summed E-state index contributed by atoms with van der Waals surface area (Å²) < 4.78 is 4.91. The number of nitrogens with one attached hydrogen (secondary N) is 2. The zero-order valence-electron chi connectivity index (χ0n) is 23.1. The van der Waals surface area contributed by atoms with Crippen LogP contribution in [0.4, 0.5) is 5.69 Å². The van der Waals surface area contributed by atoms with Crippen molar-refractivity contribution >= 4 is 41.6 Å². The van der Waals surface area contributed by atoms with Crippen molar-refractivity contribution in [1.29, 1.82) is 0 Å². The number of nitrogens with two attached hydrogens (primary N) is 1. The summed E-state index contributed by atoms with van der Waals surface area (Å²) in [6.45, 7) is 4.81. The first-order valence-electron chi connectivity index (χ1n) is 12.7. The number of hydrogen-bond donors (Lipinski definition) is 3. The number of carbonyl (C=O) groups excluding carboxylic acids is 6. The molecule has 12 heteroatoms. The second kappa shape index (κ2) is 17.4. The molecule has 1 aromatic carbocycles. The molecule has 0 heterocycles. The van der Waals surface area contributed by atoms with Crippen molar-refractivity contribution < 1.29 is 33.5 Å². The van der Waals surface area contributed by atoms with Crippen LogP contribution in [0.2, 0.25) is 0 Å². The molecule has 4 N–H and O–H groups in total. The van der Waals surface area contributed by atoms with Gasteiger partial charge in [-0.1, -0.05) is 18.6 Å². The molecule has 0 aliphatic heterocycles. The Bertz CT molecular complexity index is 1050. The van der Waals surface area contributed by atoms with Gasteiger partial charge < -0.3 is 25.1 Å². The van der Waals surface area contributed by atoms with Crippen molar-refractivity contribution in [3.05, 3.63) is 41.1 Å². The Balaban J connectivity index is 2.49. The lowest BCUT2D eigenvalue weighted by Crippen LogP contribution is -2.46. The maximum Gasteiger partial charge on any atom is 0.302 e. The van der Waals surface area contributed by atoms with Crippen LogP contribution in [-0.2, 0) is 40.1 Å². The van der Waals surface area contributed by atoms with E-state index in [1.165, 1.54) is 6.92 Å². The van der Waals surface area contributed by atoms with Gasteiger partial charge in [-0.25, -0.2) is 5.84 Å². The molecule has 0 aliphatic rings. The summed E-state index contributed by atoms with van der Waals surface area (Å²) in [5.74, 6) is 3.75. The lowest BCUT2D eigenvalue weighted by atomic mass is 10.1. The molecular weight excluding hydrogens is 506 g/mol. The molecular formula is C27H39N5O7. The number of rotatable bonds is 16. The summed E-state index contributed by atoms with van der Waals surface area (Å²) in [6.07, 6.45) is 3.23. The van der Waals surface area contributed by atoms with E-state index in [0.717, 1.165) is 10.6 Å².